The molecule has 0 aliphatic heterocycles. The van der Waals surface area contributed by atoms with Gasteiger partial charge in [0.2, 0.25) is 0 Å². The summed E-state index contributed by atoms with van der Waals surface area (Å²) in [6, 6.07) is 0. The average Bonchev–Trinajstić information content (AvgIpc) is 2.54. The third-order valence-corrected chi connectivity index (χ3v) is 4.52. The van der Waals surface area contributed by atoms with Crippen molar-refractivity contribution in [3.8, 4) is 0 Å². The molecule has 78 valence electrons. The highest BCUT2D eigenvalue weighted by Gasteiger charge is 2.35. The maximum atomic E-state index is 6.20. The molecule has 0 amide bonds. The summed E-state index contributed by atoms with van der Waals surface area (Å²) in [5.41, 5.74) is 0.226. The van der Waals surface area contributed by atoms with Crippen molar-refractivity contribution in [3.05, 3.63) is 0 Å². The van der Waals surface area contributed by atoms with Crippen LogP contribution in [-0.4, -0.2) is 16.1 Å². The maximum absolute atomic E-state index is 6.20. The molecule has 1 atom stereocenters. The minimum Gasteiger partial charge on any atom is -0.371 e. The summed E-state index contributed by atoms with van der Waals surface area (Å²) in [4.78, 5) is 0. The van der Waals surface area contributed by atoms with Crippen LogP contribution in [0.2, 0.25) is 0 Å². The summed E-state index contributed by atoms with van der Waals surface area (Å²) >= 11 is 2.47. The minimum atomic E-state index is 0.226. The second kappa shape index (κ2) is 4.96. The van der Waals surface area contributed by atoms with Crippen molar-refractivity contribution in [3.63, 3.8) is 0 Å². The van der Waals surface area contributed by atoms with Gasteiger partial charge in [0.1, 0.15) is 0 Å². The van der Waals surface area contributed by atoms with Gasteiger partial charge in [0.25, 0.3) is 0 Å². The first-order chi connectivity index (χ1) is 6.09. The predicted molar refractivity (Wildman–Crippen MR) is 65.5 cm³/mol. The van der Waals surface area contributed by atoms with Crippen LogP contribution in [0.15, 0.2) is 0 Å². The summed E-state index contributed by atoms with van der Waals surface area (Å²) in [6.07, 6.45) is 5.66. The van der Waals surface area contributed by atoms with E-state index in [0.29, 0.717) is 12.0 Å². The van der Waals surface area contributed by atoms with Crippen LogP contribution >= 0.6 is 22.6 Å². The van der Waals surface area contributed by atoms with Gasteiger partial charge in [0.05, 0.1) is 11.7 Å². The van der Waals surface area contributed by atoms with E-state index in [0.717, 1.165) is 4.43 Å². The first kappa shape index (κ1) is 11.8. The number of hydrogen-bond acceptors (Lipinski definition) is 1. The fourth-order valence-electron chi connectivity index (χ4n) is 1.83. The highest BCUT2D eigenvalue weighted by Crippen LogP contribution is 2.36. The monoisotopic (exact) mass is 296 g/mol. The maximum Gasteiger partial charge on any atom is 0.0775 e. The van der Waals surface area contributed by atoms with E-state index < -0.39 is 0 Å². The summed E-state index contributed by atoms with van der Waals surface area (Å²) in [5, 5.41) is 0. The van der Waals surface area contributed by atoms with E-state index in [1.54, 1.807) is 0 Å². The largest absolute Gasteiger partial charge is 0.371 e. The van der Waals surface area contributed by atoms with Crippen molar-refractivity contribution in [2.75, 3.05) is 4.43 Å². The number of alkyl halides is 1. The third kappa shape index (κ3) is 3.08. The Morgan fingerprint density at radius 1 is 1.23 bits per heavy atom. The minimum absolute atomic E-state index is 0.226. The van der Waals surface area contributed by atoms with Crippen molar-refractivity contribution < 1.29 is 4.74 Å². The molecule has 0 spiro atoms. The molecular weight excluding hydrogens is 275 g/mol. The van der Waals surface area contributed by atoms with E-state index in [1.807, 2.05) is 0 Å². The fourth-order valence-corrected chi connectivity index (χ4v) is 2.78. The molecular formula is C11H21IO. The second-order valence-electron chi connectivity index (χ2n) is 4.59. The van der Waals surface area contributed by atoms with E-state index in [2.05, 4.69) is 43.4 Å². The molecule has 2 heteroatoms. The molecule has 1 saturated carbocycles. The summed E-state index contributed by atoms with van der Waals surface area (Å²) in [7, 11) is 0. The molecule has 0 heterocycles. The molecule has 1 rings (SSSR count). The molecule has 1 unspecified atom stereocenters. The fraction of sp³-hybridized carbons (Fsp3) is 1.00. The number of hydrogen-bond donors (Lipinski definition) is 0. The molecule has 1 aliphatic carbocycles. The highest BCUT2D eigenvalue weighted by molar-refractivity contribution is 14.1. The Labute approximate surface area is 95.8 Å². The Kier molecular flexibility index (Phi) is 4.49. The molecule has 1 fully saturated rings. The molecule has 0 aromatic heterocycles. The van der Waals surface area contributed by atoms with Gasteiger partial charge >= 0.3 is 0 Å². The Hall–Kier alpha value is 0.690. The second-order valence-corrected chi connectivity index (χ2v) is 5.35. The Morgan fingerprint density at radius 2 is 1.77 bits per heavy atom. The molecule has 0 saturated heterocycles. The Morgan fingerprint density at radius 3 is 2.15 bits per heavy atom. The lowest BCUT2D eigenvalue weighted by Gasteiger charge is -2.32. The van der Waals surface area contributed by atoms with Gasteiger partial charge < -0.3 is 4.74 Å². The van der Waals surface area contributed by atoms with E-state index in [1.165, 1.54) is 25.7 Å². The summed E-state index contributed by atoms with van der Waals surface area (Å²) < 4.78 is 7.36. The first-order valence-electron chi connectivity index (χ1n) is 5.33. The van der Waals surface area contributed by atoms with Gasteiger partial charge in [-0.05, 0) is 25.7 Å². The van der Waals surface area contributed by atoms with Crippen molar-refractivity contribution in [2.24, 2.45) is 5.92 Å². The van der Waals surface area contributed by atoms with Crippen LogP contribution in [0.25, 0.3) is 0 Å². The number of rotatable bonds is 4. The van der Waals surface area contributed by atoms with Gasteiger partial charge in [-0.3, -0.25) is 0 Å². The lowest BCUT2D eigenvalue weighted by Crippen LogP contribution is -2.36. The smallest absolute Gasteiger partial charge is 0.0775 e. The Balaban J connectivity index is 2.48. The average molecular weight is 296 g/mol. The standard InChI is InChI=1S/C11H21IO/c1-9(2)10(3)13-11(8-12)6-4-5-7-11/h9-10H,4-8H2,1-3H3. The first-order valence-corrected chi connectivity index (χ1v) is 6.86. The number of ether oxygens (including phenoxy) is 1. The topological polar surface area (TPSA) is 9.23 Å². The lowest BCUT2D eigenvalue weighted by molar-refractivity contribution is -0.0829. The van der Waals surface area contributed by atoms with Crippen LogP contribution in [0.1, 0.15) is 46.5 Å². The van der Waals surface area contributed by atoms with Crippen LogP contribution < -0.4 is 0 Å². The SMILES string of the molecule is CC(C)C(C)OC1(CI)CCCC1. The zero-order valence-electron chi connectivity index (χ0n) is 8.98. The zero-order valence-corrected chi connectivity index (χ0v) is 11.1. The van der Waals surface area contributed by atoms with Crippen LogP contribution in [0.4, 0.5) is 0 Å². The lowest BCUT2D eigenvalue weighted by atomic mass is 10.0. The number of halogens is 1. The van der Waals surface area contributed by atoms with E-state index in [9.17, 15) is 0 Å². The molecule has 0 N–H and O–H groups in total. The molecule has 0 aromatic rings. The molecule has 1 aliphatic rings. The van der Waals surface area contributed by atoms with Crippen molar-refractivity contribution >= 4 is 22.6 Å². The van der Waals surface area contributed by atoms with Crippen molar-refractivity contribution in [2.45, 2.75) is 58.2 Å². The summed E-state index contributed by atoms with van der Waals surface area (Å²) in [6.45, 7) is 6.68. The Bertz CT molecular complexity index is 150. The molecule has 13 heavy (non-hydrogen) atoms. The van der Waals surface area contributed by atoms with Crippen LogP contribution in [0.5, 0.6) is 0 Å². The van der Waals surface area contributed by atoms with Gasteiger partial charge in [-0.2, -0.15) is 0 Å². The van der Waals surface area contributed by atoms with Gasteiger partial charge in [0.15, 0.2) is 0 Å². The van der Waals surface area contributed by atoms with Crippen molar-refractivity contribution in [1.82, 2.24) is 0 Å². The highest BCUT2D eigenvalue weighted by atomic mass is 127. The van der Waals surface area contributed by atoms with Gasteiger partial charge in [-0.15, -0.1) is 0 Å². The van der Waals surface area contributed by atoms with E-state index in [-0.39, 0.29) is 5.60 Å². The van der Waals surface area contributed by atoms with E-state index in [4.69, 9.17) is 4.74 Å². The quantitative estimate of drug-likeness (QED) is 0.566. The predicted octanol–water partition coefficient (Wildman–Crippen LogP) is 3.80. The zero-order chi connectivity index (χ0) is 9.90. The van der Waals surface area contributed by atoms with Gasteiger partial charge in [0, 0.05) is 4.43 Å². The summed E-state index contributed by atoms with van der Waals surface area (Å²) in [5.74, 6) is 0.639. The molecule has 1 nitrogen and oxygen atoms in total. The van der Waals surface area contributed by atoms with Crippen molar-refractivity contribution in [1.29, 1.82) is 0 Å². The van der Waals surface area contributed by atoms with Gasteiger partial charge in [-0.25, -0.2) is 0 Å². The van der Waals surface area contributed by atoms with E-state index >= 15 is 0 Å². The molecule has 0 aromatic carbocycles. The normalized spacial score (nSPS) is 23.8. The van der Waals surface area contributed by atoms with Crippen LogP contribution in [0, 0.1) is 5.92 Å². The molecule has 0 radical (unpaired) electrons. The van der Waals surface area contributed by atoms with Crippen LogP contribution in [-0.2, 0) is 4.74 Å². The third-order valence-electron chi connectivity index (χ3n) is 3.13. The molecule has 0 bridgehead atoms. The van der Waals surface area contributed by atoms with Crippen LogP contribution in [0.3, 0.4) is 0 Å². The van der Waals surface area contributed by atoms with Gasteiger partial charge in [-0.1, -0.05) is 49.3 Å².